The van der Waals surface area contributed by atoms with Crippen LogP contribution < -0.4 is 43.1 Å². The van der Waals surface area contributed by atoms with Crippen LogP contribution in [0, 0.1) is 0 Å². The lowest BCUT2D eigenvalue weighted by Crippen LogP contribution is -2.28. The van der Waals surface area contributed by atoms with E-state index in [1.54, 1.807) is 0 Å². The normalized spacial score (nSPS) is 12.9. The van der Waals surface area contributed by atoms with Crippen molar-refractivity contribution in [2.45, 2.75) is 10.8 Å². The van der Waals surface area contributed by atoms with Crippen LogP contribution in [0.1, 0.15) is 44.5 Å². The van der Waals surface area contributed by atoms with E-state index in [4.69, 9.17) is 37.3 Å². The maximum atomic E-state index is 6.70. The van der Waals surface area contributed by atoms with Gasteiger partial charge in [0.05, 0.1) is 39.3 Å². The van der Waals surface area contributed by atoms with Gasteiger partial charge in [-0.3, -0.25) is 0 Å². The zero-order valence-corrected chi connectivity index (χ0v) is 78.3. The summed E-state index contributed by atoms with van der Waals surface area (Å²) < 4.78 is 51.9. The monoisotopic (exact) mass is 1870 g/mol. The second-order valence-electron chi connectivity index (χ2n) is 36.7. The molecule has 686 valence electrons. The van der Waals surface area contributed by atoms with Gasteiger partial charge in [0.15, 0.2) is 69.0 Å². The Bertz CT molecular complexity index is 8970. The predicted octanol–water partition coefficient (Wildman–Crippen LogP) is 37.0. The Morgan fingerprint density at radius 3 is 0.807 bits per heavy atom. The summed E-state index contributed by atoms with van der Waals surface area (Å²) >= 11 is 0. The summed E-state index contributed by atoms with van der Waals surface area (Å²) in [6, 6.07) is 184. The first-order valence-corrected chi connectivity index (χ1v) is 48.9. The standard InChI is InChI=1S/C49H31NO3.C43H29NO2.C42H27NO3/c1-3-14-32(15-4-1)49(33-16-5-2-6-17-33)40-20-9-7-18-36(40)37-28-26-34(30-41(37)49)50(35-27-29-39-38-19-8-10-22-43(38)51-47(39)31-35)42-21-13-25-46-48(42)53-45-24-12-11-23-44(45)52-46;1-4-15-30(16-5-1)43(31-17-6-2-7-18-31)36-22-11-10-21-34(36)35-28-27-33(29-37(35)43)44(32-19-8-3-9-20-32)38-23-14-26-41-42(38)46-40-25-13-12-24-39(40)45-41;1-3-12-28(13-4-1)30-24-31(29-14-5-2-6-15-29)26-33(25-30)43(32-22-23-35-34-16-7-8-18-37(34)44-41(35)27-32)36-17-11-21-40-42(36)46-39-20-10-9-19-38(39)45-40/h1-31H;1-29H;1-27H. The molecular formula is C134H87N3O8. The third-order valence-corrected chi connectivity index (χ3v) is 28.5. The van der Waals surface area contributed by atoms with Crippen LogP contribution in [0.5, 0.6) is 69.0 Å². The fourth-order valence-corrected chi connectivity index (χ4v) is 22.2. The molecule has 0 spiro atoms. The van der Waals surface area contributed by atoms with Crippen LogP contribution in [-0.4, -0.2) is 0 Å². The van der Waals surface area contributed by atoms with E-state index in [0.717, 1.165) is 117 Å². The summed E-state index contributed by atoms with van der Waals surface area (Å²) in [5.74, 6) is 8.15. The fourth-order valence-electron chi connectivity index (χ4n) is 22.2. The molecule has 24 aromatic rings. The highest BCUT2D eigenvalue weighted by Gasteiger charge is 2.49. The predicted molar refractivity (Wildman–Crippen MR) is 583 cm³/mol. The first-order valence-electron chi connectivity index (χ1n) is 48.9. The van der Waals surface area contributed by atoms with Gasteiger partial charge in [0.25, 0.3) is 0 Å². The summed E-state index contributed by atoms with van der Waals surface area (Å²) in [6.45, 7) is 0. The van der Waals surface area contributed by atoms with Gasteiger partial charge in [-0.2, -0.15) is 0 Å². The van der Waals surface area contributed by atoms with Gasteiger partial charge in [-0.1, -0.05) is 352 Å². The second-order valence-corrected chi connectivity index (χ2v) is 36.7. The Kier molecular flexibility index (Phi) is 20.8. The lowest BCUT2D eigenvalue weighted by molar-refractivity contribution is 0.360. The van der Waals surface area contributed by atoms with Crippen molar-refractivity contribution in [3.8, 4) is 114 Å². The molecule has 29 rings (SSSR count). The summed E-state index contributed by atoms with van der Waals surface area (Å²) in [5.41, 5.74) is 30.2. The maximum absolute atomic E-state index is 6.70. The average molecular weight is 1870 g/mol. The summed E-state index contributed by atoms with van der Waals surface area (Å²) in [4.78, 5) is 6.79. The number of anilines is 9. The number of benzene rings is 22. The molecule has 11 heteroatoms. The number of ether oxygens (including phenoxy) is 6. The van der Waals surface area contributed by atoms with Gasteiger partial charge in [0, 0.05) is 56.4 Å². The minimum Gasteiger partial charge on any atom is -0.456 e. The maximum Gasteiger partial charge on any atom is 0.194 e. The second kappa shape index (κ2) is 35.5. The number of hydrogen-bond donors (Lipinski definition) is 0. The molecule has 0 amide bonds. The van der Waals surface area contributed by atoms with E-state index < -0.39 is 10.8 Å². The van der Waals surface area contributed by atoms with Gasteiger partial charge < -0.3 is 52.0 Å². The number of para-hydroxylation sites is 12. The molecule has 0 unspecified atom stereocenters. The Balaban J connectivity index is 0.000000108. The van der Waals surface area contributed by atoms with Crippen molar-refractivity contribution in [3.63, 3.8) is 0 Å². The molecule has 0 fully saturated rings. The van der Waals surface area contributed by atoms with Gasteiger partial charge in [0.1, 0.15) is 22.3 Å². The van der Waals surface area contributed by atoms with Crippen molar-refractivity contribution in [1.29, 1.82) is 0 Å². The highest BCUT2D eigenvalue weighted by atomic mass is 16.6. The molecule has 145 heavy (non-hydrogen) atoms. The van der Waals surface area contributed by atoms with Gasteiger partial charge in [-0.25, -0.2) is 0 Å². The van der Waals surface area contributed by atoms with Gasteiger partial charge in [-0.15, -0.1) is 0 Å². The zero-order valence-electron chi connectivity index (χ0n) is 78.3. The summed E-state index contributed by atoms with van der Waals surface area (Å²) in [6.07, 6.45) is 0. The molecule has 0 saturated carbocycles. The van der Waals surface area contributed by atoms with E-state index in [1.807, 2.05) is 158 Å². The lowest BCUT2D eigenvalue weighted by Gasteiger charge is -2.35. The molecule has 22 aromatic carbocycles. The highest BCUT2D eigenvalue weighted by molar-refractivity contribution is 6.08. The Hall–Kier alpha value is -19.4. The molecule has 11 nitrogen and oxygen atoms in total. The molecule has 0 N–H and O–H groups in total. The third kappa shape index (κ3) is 14.5. The van der Waals surface area contributed by atoms with Crippen LogP contribution in [0.15, 0.2) is 537 Å². The SMILES string of the molecule is c1ccc(-c2cc(-c3ccccc3)cc(N(c3ccc4c(c3)oc3ccccc34)c3cccc4c3Oc3ccccc3O4)c2)cc1.c1ccc(C2(c3ccccc3)c3ccccc3-c3ccc(N(c4ccc5c(c4)oc4ccccc45)c4cccc5c4Oc4ccccc4O5)cc32)cc1.c1ccc(N(c2ccc3c(c2)C(c2ccccc2)(c2ccccc2)c2ccccc2-3)c2cccc3c2Oc2ccccc2O3)cc1. The third-order valence-electron chi connectivity index (χ3n) is 28.5. The van der Waals surface area contributed by atoms with E-state index in [1.165, 1.54) is 66.8 Å². The first kappa shape index (κ1) is 84.9. The smallest absolute Gasteiger partial charge is 0.194 e. The van der Waals surface area contributed by atoms with Crippen LogP contribution >= 0.6 is 0 Å². The van der Waals surface area contributed by atoms with Crippen LogP contribution in [0.25, 0.3) is 88.4 Å². The number of hydrogen-bond acceptors (Lipinski definition) is 11. The number of fused-ring (bicyclic) bond motifs is 18. The van der Waals surface area contributed by atoms with Crippen LogP contribution in [-0.2, 0) is 10.8 Å². The van der Waals surface area contributed by atoms with E-state index in [2.05, 4.69) is 385 Å². The Labute approximate surface area is 838 Å². The molecule has 0 atom stereocenters. The van der Waals surface area contributed by atoms with Crippen molar-refractivity contribution in [1.82, 2.24) is 0 Å². The largest absolute Gasteiger partial charge is 0.456 e. The highest BCUT2D eigenvalue weighted by Crippen LogP contribution is 2.63. The van der Waals surface area contributed by atoms with Crippen LogP contribution in [0.2, 0.25) is 0 Å². The Morgan fingerprint density at radius 1 is 0.152 bits per heavy atom. The summed E-state index contributed by atoms with van der Waals surface area (Å²) in [7, 11) is 0. The summed E-state index contributed by atoms with van der Waals surface area (Å²) in [5, 5.41) is 4.34. The van der Waals surface area contributed by atoms with Gasteiger partial charge >= 0.3 is 0 Å². The quantitative estimate of drug-likeness (QED) is 0.0983. The van der Waals surface area contributed by atoms with E-state index >= 15 is 0 Å². The van der Waals surface area contributed by atoms with Gasteiger partial charge in [0.2, 0.25) is 0 Å². The van der Waals surface area contributed by atoms with Crippen molar-refractivity contribution in [2.75, 3.05) is 14.7 Å². The van der Waals surface area contributed by atoms with Crippen molar-refractivity contribution in [2.24, 2.45) is 0 Å². The van der Waals surface area contributed by atoms with E-state index in [0.29, 0.717) is 69.0 Å². The molecule has 2 aliphatic carbocycles. The van der Waals surface area contributed by atoms with Crippen LogP contribution in [0.3, 0.4) is 0 Å². The fraction of sp³-hybridized carbons (Fsp3) is 0.0149. The molecule has 5 aliphatic rings. The van der Waals surface area contributed by atoms with Crippen LogP contribution in [0.4, 0.5) is 51.2 Å². The number of nitrogens with zero attached hydrogens (tertiary/aromatic N) is 3. The topological polar surface area (TPSA) is 91.4 Å². The van der Waals surface area contributed by atoms with Crippen molar-refractivity contribution < 1.29 is 37.3 Å². The molecule has 2 aromatic heterocycles. The molecular weight excluding hydrogens is 1780 g/mol. The molecule has 0 bridgehead atoms. The van der Waals surface area contributed by atoms with Gasteiger partial charge in [-0.05, 0) is 253 Å². The average Bonchev–Trinajstić information content (AvgIpc) is 1.54. The molecule has 0 saturated heterocycles. The molecule has 3 aliphatic heterocycles. The molecule has 0 radical (unpaired) electrons. The van der Waals surface area contributed by atoms with Crippen molar-refractivity contribution in [3.05, 3.63) is 572 Å². The number of furan rings is 2. The zero-order chi connectivity index (χ0) is 95.9. The van der Waals surface area contributed by atoms with Crippen molar-refractivity contribution >= 4 is 95.1 Å². The van der Waals surface area contributed by atoms with E-state index in [9.17, 15) is 0 Å². The minimum absolute atomic E-state index is 0.499. The minimum atomic E-state index is -0.548. The lowest BCUT2D eigenvalue weighted by atomic mass is 9.67. The number of rotatable bonds is 15. The first-order chi connectivity index (χ1) is 71.9. The molecule has 5 heterocycles. The Morgan fingerprint density at radius 2 is 0.428 bits per heavy atom. The van der Waals surface area contributed by atoms with E-state index in [-0.39, 0.29) is 0 Å².